The molecule has 0 fully saturated rings. The summed E-state index contributed by atoms with van der Waals surface area (Å²) in [6.45, 7) is 1.95. The summed E-state index contributed by atoms with van der Waals surface area (Å²) in [4.78, 5) is 10.5. The second-order valence-corrected chi connectivity index (χ2v) is 2.81. The van der Waals surface area contributed by atoms with E-state index in [2.05, 4.69) is 6.08 Å². The number of hydrogen-bond donors (Lipinski definition) is 1. The fourth-order valence-electron chi connectivity index (χ4n) is 1.33. The van der Waals surface area contributed by atoms with Gasteiger partial charge >= 0.3 is 5.97 Å². The molecule has 0 unspecified atom stereocenters. The van der Waals surface area contributed by atoms with Crippen LogP contribution in [0.2, 0.25) is 0 Å². The molecule has 0 spiro atoms. The van der Waals surface area contributed by atoms with Gasteiger partial charge < -0.3 is 5.11 Å². The maximum absolute atomic E-state index is 10.5. The first-order valence-electron chi connectivity index (χ1n) is 3.61. The van der Waals surface area contributed by atoms with Crippen LogP contribution >= 0.6 is 0 Å². The Balaban J connectivity index is 2.60. The molecular formula is C8H12O2. The van der Waals surface area contributed by atoms with Crippen LogP contribution in [0.1, 0.15) is 19.8 Å². The summed E-state index contributed by atoms with van der Waals surface area (Å²) in [5.41, 5.74) is 0. The zero-order valence-electron chi connectivity index (χ0n) is 6.08. The van der Waals surface area contributed by atoms with Crippen LogP contribution in [0.3, 0.4) is 0 Å². The van der Waals surface area contributed by atoms with E-state index >= 15 is 0 Å². The molecule has 1 aliphatic carbocycles. The molecule has 0 saturated carbocycles. The average Bonchev–Trinajstić information content (AvgIpc) is 1.88. The highest BCUT2D eigenvalue weighted by atomic mass is 16.4. The van der Waals surface area contributed by atoms with Crippen LogP contribution in [0, 0.1) is 11.8 Å². The fraction of sp³-hybridized carbons (Fsp3) is 0.625. The Morgan fingerprint density at radius 1 is 1.70 bits per heavy atom. The molecule has 1 N–H and O–H groups in total. The van der Waals surface area contributed by atoms with Gasteiger partial charge in [-0.15, -0.1) is 0 Å². The molecule has 2 nitrogen and oxygen atoms in total. The van der Waals surface area contributed by atoms with Crippen molar-refractivity contribution < 1.29 is 9.90 Å². The van der Waals surface area contributed by atoms with Crippen LogP contribution in [0.15, 0.2) is 12.2 Å². The van der Waals surface area contributed by atoms with Gasteiger partial charge in [-0.3, -0.25) is 4.79 Å². The van der Waals surface area contributed by atoms with E-state index in [1.165, 1.54) is 0 Å². The molecule has 2 atom stereocenters. The number of rotatable bonds is 1. The zero-order valence-corrected chi connectivity index (χ0v) is 6.08. The molecule has 1 rings (SSSR count). The molecule has 0 aliphatic heterocycles. The fourth-order valence-corrected chi connectivity index (χ4v) is 1.33. The van der Waals surface area contributed by atoms with Crippen molar-refractivity contribution in [3.63, 3.8) is 0 Å². The van der Waals surface area contributed by atoms with Crippen molar-refractivity contribution in [1.82, 2.24) is 0 Å². The first-order valence-corrected chi connectivity index (χ1v) is 3.61. The van der Waals surface area contributed by atoms with Gasteiger partial charge in [0, 0.05) is 0 Å². The SMILES string of the molecule is C[C@H]1C=CCC[C@H]1C(=O)O. The lowest BCUT2D eigenvalue weighted by Gasteiger charge is -2.19. The molecule has 0 aromatic heterocycles. The molecule has 0 aromatic carbocycles. The normalized spacial score (nSPS) is 32.1. The summed E-state index contributed by atoms with van der Waals surface area (Å²) >= 11 is 0. The average molecular weight is 140 g/mol. The number of carboxylic acids is 1. The monoisotopic (exact) mass is 140 g/mol. The first kappa shape index (κ1) is 7.32. The summed E-state index contributed by atoms with van der Waals surface area (Å²) < 4.78 is 0. The van der Waals surface area contributed by atoms with Gasteiger partial charge in [0.2, 0.25) is 0 Å². The number of hydrogen-bond acceptors (Lipinski definition) is 1. The maximum atomic E-state index is 10.5. The van der Waals surface area contributed by atoms with Crippen molar-refractivity contribution in [1.29, 1.82) is 0 Å². The predicted octanol–water partition coefficient (Wildman–Crippen LogP) is 1.67. The molecule has 56 valence electrons. The second kappa shape index (κ2) is 2.86. The van der Waals surface area contributed by atoms with Gasteiger partial charge in [0.15, 0.2) is 0 Å². The van der Waals surface area contributed by atoms with Gasteiger partial charge in [-0.2, -0.15) is 0 Å². The molecule has 2 heteroatoms. The Morgan fingerprint density at radius 3 is 2.80 bits per heavy atom. The van der Waals surface area contributed by atoms with Crippen LogP contribution in [0.25, 0.3) is 0 Å². The predicted molar refractivity (Wildman–Crippen MR) is 38.7 cm³/mol. The minimum absolute atomic E-state index is 0.148. The molecule has 0 amide bonds. The van der Waals surface area contributed by atoms with Crippen molar-refractivity contribution in [3.05, 3.63) is 12.2 Å². The van der Waals surface area contributed by atoms with E-state index in [1.54, 1.807) is 0 Å². The third-order valence-corrected chi connectivity index (χ3v) is 2.04. The van der Waals surface area contributed by atoms with Gasteiger partial charge in [0.05, 0.1) is 5.92 Å². The topological polar surface area (TPSA) is 37.3 Å². The summed E-state index contributed by atoms with van der Waals surface area (Å²) in [7, 11) is 0. The van der Waals surface area contributed by atoms with E-state index in [-0.39, 0.29) is 11.8 Å². The zero-order chi connectivity index (χ0) is 7.56. The molecule has 0 heterocycles. The van der Waals surface area contributed by atoms with Gasteiger partial charge in [-0.1, -0.05) is 19.1 Å². The lowest BCUT2D eigenvalue weighted by atomic mass is 9.85. The van der Waals surface area contributed by atoms with Crippen molar-refractivity contribution in [3.8, 4) is 0 Å². The third-order valence-electron chi connectivity index (χ3n) is 2.04. The largest absolute Gasteiger partial charge is 0.481 e. The van der Waals surface area contributed by atoms with E-state index in [0.717, 1.165) is 12.8 Å². The van der Waals surface area contributed by atoms with Gasteiger partial charge in [0.25, 0.3) is 0 Å². The Morgan fingerprint density at radius 2 is 2.40 bits per heavy atom. The molecule has 10 heavy (non-hydrogen) atoms. The smallest absolute Gasteiger partial charge is 0.307 e. The molecule has 1 aliphatic rings. The minimum Gasteiger partial charge on any atom is -0.481 e. The molecule has 0 radical (unpaired) electrons. The Hall–Kier alpha value is -0.790. The number of carbonyl (C=O) groups is 1. The van der Waals surface area contributed by atoms with Crippen LogP contribution < -0.4 is 0 Å². The third kappa shape index (κ3) is 1.38. The number of allylic oxidation sites excluding steroid dienone is 2. The van der Waals surface area contributed by atoms with Gasteiger partial charge in [0.1, 0.15) is 0 Å². The summed E-state index contributed by atoms with van der Waals surface area (Å²) in [6, 6.07) is 0. The van der Waals surface area contributed by atoms with Crippen molar-refractivity contribution in [2.75, 3.05) is 0 Å². The van der Waals surface area contributed by atoms with Crippen LogP contribution in [0.5, 0.6) is 0 Å². The Labute approximate surface area is 60.6 Å². The summed E-state index contributed by atoms with van der Waals surface area (Å²) in [6.07, 6.45) is 5.76. The molecular weight excluding hydrogens is 128 g/mol. The summed E-state index contributed by atoms with van der Waals surface area (Å²) in [5.74, 6) is -0.590. The van der Waals surface area contributed by atoms with E-state index in [9.17, 15) is 4.79 Å². The molecule has 0 bridgehead atoms. The van der Waals surface area contributed by atoms with Crippen LogP contribution in [-0.2, 0) is 4.79 Å². The van der Waals surface area contributed by atoms with E-state index in [4.69, 9.17) is 5.11 Å². The van der Waals surface area contributed by atoms with Crippen molar-refractivity contribution in [2.45, 2.75) is 19.8 Å². The van der Waals surface area contributed by atoms with Gasteiger partial charge in [-0.05, 0) is 18.8 Å². The Bertz CT molecular complexity index is 161. The molecule has 0 aromatic rings. The quantitative estimate of drug-likeness (QED) is 0.562. The highest BCUT2D eigenvalue weighted by molar-refractivity contribution is 5.70. The van der Waals surface area contributed by atoms with Crippen LogP contribution in [0.4, 0.5) is 0 Å². The molecule has 0 saturated heterocycles. The highest BCUT2D eigenvalue weighted by Gasteiger charge is 2.23. The minimum atomic E-state index is -0.656. The lowest BCUT2D eigenvalue weighted by molar-refractivity contribution is -0.143. The second-order valence-electron chi connectivity index (χ2n) is 2.81. The standard InChI is InChI=1S/C8H12O2/c1-6-4-2-3-5-7(6)8(9)10/h2,4,6-7H,3,5H2,1H3,(H,9,10)/t6-,7+/m0/s1. The Kier molecular flexibility index (Phi) is 2.10. The maximum Gasteiger partial charge on any atom is 0.307 e. The first-order chi connectivity index (χ1) is 4.72. The van der Waals surface area contributed by atoms with E-state index in [0.29, 0.717) is 0 Å². The number of aliphatic carboxylic acids is 1. The highest BCUT2D eigenvalue weighted by Crippen LogP contribution is 2.23. The number of carboxylic acid groups (broad SMARTS) is 1. The lowest BCUT2D eigenvalue weighted by Crippen LogP contribution is -2.21. The summed E-state index contributed by atoms with van der Waals surface area (Å²) in [5, 5.41) is 8.67. The van der Waals surface area contributed by atoms with E-state index in [1.807, 2.05) is 13.0 Å². The van der Waals surface area contributed by atoms with Gasteiger partial charge in [-0.25, -0.2) is 0 Å². The van der Waals surface area contributed by atoms with Crippen molar-refractivity contribution >= 4 is 5.97 Å². The van der Waals surface area contributed by atoms with Crippen LogP contribution in [-0.4, -0.2) is 11.1 Å². The van der Waals surface area contributed by atoms with E-state index < -0.39 is 5.97 Å². The van der Waals surface area contributed by atoms with Crippen molar-refractivity contribution in [2.24, 2.45) is 11.8 Å².